The van der Waals surface area contributed by atoms with Gasteiger partial charge in [0.1, 0.15) is 6.61 Å². The summed E-state index contributed by atoms with van der Waals surface area (Å²) in [5.74, 6) is 1.61. The monoisotopic (exact) mass is 359 g/mol. The van der Waals surface area contributed by atoms with E-state index in [9.17, 15) is 0 Å². The molecule has 1 aromatic heterocycles. The summed E-state index contributed by atoms with van der Waals surface area (Å²) in [6.45, 7) is 2.92. The number of aromatic nitrogens is 4. The first-order valence-corrected chi connectivity index (χ1v) is 8.05. The van der Waals surface area contributed by atoms with Crippen LogP contribution in [0, 0.1) is 6.92 Å². The number of rotatable bonds is 7. The number of nitrogens with one attached hydrogen (secondary N) is 2. The Labute approximate surface area is 150 Å². The average molecular weight is 360 g/mol. The fraction of sp³-hybridized carbons (Fsp3) is 0.235. The molecule has 2 aromatic carbocycles. The molecule has 0 spiro atoms. The highest BCUT2D eigenvalue weighted by atomic mass is 35.5. The van der Waals surface area contributed by atoms with Gasteiger partial charge in [0.2, 0.25) is 0 Å². The van der Waals surface area contributed by atoms with Crippen LogP contribution in [0.5, 0.6) is 11.5 Å². The molecule has 0 saturated heterocycles. The third kappa shape index (κ3) is 4.39. The highest BCUT2D eigenvalue weighted by molar-refractivity contribution is 6.31. The van der Waals surface area contributed by atoms with Gasteiger partial charge in [-0.05, 0) is 29.3 Å². The molecule has 0 amide bonds. The summed E-state index contributed by atoms with van der Waals surface area (Å²) in [6, 6.07) is 11.7. The Bertz CT molecular complexity index is 839. The molecule has 0 unspecified atom stereocenters. The normalized spacial score (nSPS) is 10.5. The molecule has 0 aliphatic heterocycles. The smallest absolute Gasteiger partial charge is 0.263 e. The second kappa shape index (κ2) is 7.85. The molecular weight excluding hydrogens is 342 g/mol. The lowest BCUT2D eigenvalue weighted by molar-refractivity contribution is 0.284. The fourth-order valence-electron chi connectivity index (χ4n) is 2.36. The Balaban J connectivity index is 1.72. The number of hydrogen-bond donors (Lipinski definition) is 2. The number of anilines is 1. The maximum Gasteiger partial charge on any atom is 0.263 e. The van der Waals surface area contributed by atoms with Gasteiger partial charge in [-0.25, -0.2) is 0 Å². The van der Waals surface area contributed by atoms with E-state index < -0.39 is 0 Å². The Morgan fingerprint density at radius 3 is 2.80 bits per heavy atom. The molecule has 0 atom stereocenters. The Hall–Kier alpha value is -2.80. The van der Waals surface area contributed by atoms with Gasteiger partial charge in [0, 0.05) is 17.6 Å². The molecule has 0 bridgehead atoms. The van der Waals surface area contributed by atoms with Crippen molar-refractivity contribution in [2.75, 3.05) is 12.4 Å². The SMILES string of the molecule is COc1cc(CNc2nn[nH]n2)c(Cl)cc1OCc1cccc(C)c1. The van der Waals surface area contributed by atoms with E-state index in [2.05, 4.69) is 32.0 Å². The number of nitrogens with zero attached hydrogens (tertiary/aromatic N) is 3. The van der Waals surface area contributed by atoms with Crippen LogP contribution >= 0.6 is 11.6 Å². The molecule has 0 fully saturated rings. The number of aryl methyl sites for hydroxylation is 1. The van der Waals surface area contributed by atoms with Crippen molar-refractivity contribution in [1.29, 1.82) is 0 Å². The molecule has 0 radical (unpaired) electrons. The van der Waals surface area contributed by atoms with E-state index in [1.54, 1.807) is 13.2 Å². The maximum atomic E-state index is 6.37. The number of aromatic amines is 1. The minimum atomic E-state index is 0.398. The summed E-state index contributed by atoms with van der Waals surface area (Å²) in [5.41, 5.74) is 3.11. The van der Waals surface area contributed by atoms with Gasteiger partial charge in [-0.15, -0.1) is 5.10 Å². The van der Waals surface area contributed by atoms with Crippen LogP contribution in [-0.2, 0) is 13.2 Å². The summed E-state index contributed by atoms with van der Waals surface area (Å²) >= 11 is 6.37. The van der Waals surface area contributed by atoms with Crippen LogP contribution in [-0.4, -0.2) is 27.7 Å². The van der Waals surface area contributed by atoms with Gasteiger partial charge in [-0.2, -0.15) is 5.21 Å². The first kappa shape index (κ1) is 17.0. The van der Waals surface area contributed by atoms with Gasteiger partial charge in [0.15, 0.2) is 11.5 Å². The number of hydrogen-bond acceptors (Lipinski definition) is 6. The van der Waals surface area contributed by atoms with Gasteiger partial charge >= 0.3 is 0 Å². The van der Waals surface area contributed by atoms with E-state index in [4.69, 9.17) is 21.1 Å². The minimum absolute atomic E-state index is 0.398. The molecule has 0 aliphatic carbocycles. The largest absolute Gasteiger partial charge is 0.493 e. The minimum Gasteiger partial charge on any atom is -0.493 e. The van der Waals surface area contributed by atoms with Crippen molar-refractivity contribution in [2.24, 2.45) is 0 Å². The molecule has 7 nitrogen and oxygen atoms in total. The number of ether oxygens (including phenoxy) is 2. The van der Waals surface area contributed by atoms with Crippen molar-refractivity contribution in [2.45, 2.75) is 20.1 Å². The van der Waals surface area contributed by atoms with Crippen LogP contribution in [0.15, 0.2) is 36.4 Å². The van der Waals surface area contributed by atoms with E-state index in [1.807, 2.05) is 31.2 Å². The van der Waals surface area contributed by atoms with Crippen LogP contribution < -0.4 is 14.8 Å². The van der Waals surface area contributed by atoms with Crippen LogP contribution in [0.1, 0.15) is 16.7 Å². The van der Waals surface area contributed by atoms with Crippen molar-refractivity contribution in [3.63, 3.8) is 0 Å². The Morgan fingerprint density at radius 2 is 2.08 bits per heavy atom. The first-order valence-electron chi connectivity index (χ1n) is 7.68. The summed E-state index contributed by atoms with van der Waals surface area (Å²) in [5, 5.41) is 17.1. The van der Waals surface area contributed by atoms with Crippen LogP contribution in [0.4, 0.5) is 5.95 Å². The van der Waals surface area contributed by atoms with Crippen molar-refractivity contribution in [3.05, 3.63) is 58.1 Å². The highest BCUT2D eigenvalue weighted by Gasteiger charge is 2.11. The molecule has 130 valence electrons. The molecule has 2 N–H and O–H groups in total. The van der Waals surface area contributed by atoms with Crippen molar-refractivity contribution >= 4 is 17.5 Å². The third-order valence-electron chi connectivity index (χ3n) is 3.59. The fourth-order valence-corrected chi connectivity index (χ4v) is 2.58. The van der Waals surface area contributed by atoms with Crippen molar-refractivity contribution in [3.8, 4) is 11.5 Å². The van der Waals surface area contributed by atoms with Crippen molar-refractivity contribution < 1.29 is 9.47 Å². The van der Waals surface area contributed by atoms with Crippen molar-refractivity contribution in [1.82, 2.24) is 20.6 Å². The number of halogens is 1. The van der Waals surface area contributed by atoms with Gasteiger partial charge < -0.3 is 14.8 Å². The van der Waals surface area contributed by atoms with E-state index in [0.29, 0.717) is 35.6 Å². The lowest BCUT2D eigenvalue weighted by atomic mass is 10.1. The molecule has 1 heterocycles. The van der Waals surface area contributed by atoms with E-state index in [-0.39, 0.29) is 0 Å². The zero-order valence-electron chi connectivity index (χ0n) is 13.9. The van der Waals surface area contributed by atoms with Gasteiger partial charge in [0.05, 0.1) is 7.11 Å². The number of tetrazole rings is 1. The second-order valence-electron chi connectivity index (χ2n) is 5.46. The summed E-state index contributed by atoms with van der Waals surface area (Å²) in [4.78, 5) is 0. The maximum absolute atomic E-state index is 6.37. The number of H-pyrrole nitrogens is 1. The first-order chi connectivity index (χ1) is 12.2. The lowest BCUT2D eigenvalue weighted by Crippen LogP contribution is -2.04. The van der Waals surface area contributed by atoms with Crippen LogP contribution in [0.2, 0.25) is 5.02 Å². The van der Waals surface area contributed by atoms with Crippen LogP contribution in [0.25, 0.3) is 0 Å². The molecule has 0 aliphatic rings. The van der Waals surface area contributed by atoms with E-state index in [0.717, 1.165) is 11.1 Å². The molecule has 3 rings (SSSR count). The summed E-state index contributed by atoms with van der Waals surface area (Å²) < 4.78 is 11.3. The number of benzene rings is 2. The molecule has 25 heavy (non-hydrogen) atoms. The summed E-state index contributed by atoms with van der Waals surface area (Å²) in [6.07, 6.45) is 0. The molecular formula is C17H18ClN5O2. The van der Waals surface area contributed by atoms with Gasteiger partial charge in [-0.1, -0.05) is 46.5 Å². The zero-order chi connectivity index (χ0) is 17.6. The van der Waals surface area contributed by atoms with E-state index in [1.165, 1.54) is 5.56 Å². The summed E-state index contributed by atoms with van der Waals surface area (Å²) in [7, 11) is 1.60. The Kier molecular flexibility index (Phi) is 5.35. The molecule has 0 saturated carbocycles. The lowest BCUT2D eigenvalue weighted by Gasteiger charge is -2.14. The Morgan fingerprint density at radius 1 is 1.20 bits per heavy atom. The predicted molar refractivity (Wildman–Crippen MR) is 95.0 cm³/mol. The number of methoxy groups -OCH3 is 1. The highest BCUT2D eigenvalue weighted by Crippen LogP contribution is 2.34. The van der Waals surface area contributed by atoms with Gasteiger partial charge in [-0.3, -0.25) is 0 Å². The zero-order valence-corrected chi connectivity index (χ0v) is 14.7. The van der Waals surface area contributed by atoms with E-state index >= 15 is 0 Å². The second-order valence-corrected chi connectivity index (χ2v) is 5.87. The topological polar surface area (TPSA) is 85.0 Å². The quantitative estimate of drug-likeness (QED) is 0.672. The molecule has 8 heteroatoms. The predicted octanol–water partition coefficient (Wildman–Crippen LogP) is 3.36. The standard InChI is InChI=1S/C17H18ClN5O2/c1-11-4-3-5-12(6-11)10-25-16-8-14(18)13(7-15(16)24-2)9-19-17-20-22-23-21-17/h3-8H,9-10H2,1-2H3,(H2,19,20,21,22,23). The average Bonchev–Trinajstić information content (AvgIpc) is 3.12. The van der Waals surface area contributed by atoms with Gasteiger partial charge in [0.25, 0.3) is 5.95 Å². The third-order valence-corrected chi connectivity index (χ3v) is 3.94. The van der Waals surface area contributed by atoms with Crippen LogP contribution in [0.3, 0.4) is 0 Å². The molecule has 3 aromatic rings.